The van der Waals surface area contributed by atoms with Crippen LogP contribution in [0.3, 0.4) is 0 Å². The molecule has 2 aromatic carbocycles. The molecule has 0 aromatic heterocycles. The second-order valence-corrected chi connectivity index (χ2v) is 12.1. The SMILES string of the molecule is CCC(C)OC(OC(C)CC1CCCCC1)c1ccc(C(=O)N[C@@H](CCSC)C(=O)O)c(-c2ccccc2C)c1. The molecule has 1 aliphatic rings. The summed E-state index contributed by atoms with van der Waals surface area (Å²) in [5.41, 5.74) is 3.97. The van der Waals surface area contributed by atoms with Gasteiger partial charge in [-0.15, -0.1) is 0 Å². The van der Waals surface area contributed by atoms with Crippen LogP contribution < -0.4 is 5.32 Å². The molecule has 2 aromatic rings. The summed E-state index contributed by atoms with van der Waals surface area (Å²) in [7, 11) is 0. The number of carboxylic acids is 1. The number of carbonyl (C=O) groups excluding carboxylic acids is 1. The van der Waals surface area contributed by atoms with E-state index < -0.39 is 24.2 Å². The summed E-state index contributed by atoms with van der Waals surface area (Å²) in [4.78, 5) is 25.3. The van der Waals surface area contributed by atoms with Crippen LogP contribution in [-0.4, -0.2) is 47.2 Å². The van der Waals surface area contributed by atoms with Crippen molar-refractivity contribution in [3.63, 3.8) is 0 Å². The molecule has 3 unspecified atom stereocenters. The molecule has 40 heavy (non-hydrogen) atoms. The predicted octanol–water partition coefficient (Wildman–Crippen LogP) is 7.79. The summed E-state index contributed by atoms with van der Waals surface area (Å²) in [5.74, 6) is -0.0933. The highest BCUT2D eigenvalue weighted by molar-refractivity contribution is 7.98. The molecule has 4 atom stereocenters. The van der Waals surface area contributed by atoms with Gasteiger partial charge in [-0.2, -0.15) is 11.8 Å². The molecule has 6 nitrogen and oxygen atoms in total. The largest absolute Gasteiger partial charge is 0.480 e. The molecule has 1 saturated carbocycles. The number of aryl methyl sites for hydroxylation is 1. The lowest BCUT2D eigenvalue weighted by atomic mass is 9.85. The number of thioether (sulfide) groups is 1. The normalized spacial score (nSPS) is 17.1. The molecular weight excluding hydrogens is 522 g/mol. The van der Waals surface area contributed by atoms with E-state index in [1.165, 1.54) is 32.1 Å². The highest BCUT2D eigenvalue weighted by Crippen LogP contribution is 2.34. The van der Waals surface area contributed by atoms with E-state index in [-0.39, 0.29) is 12.2 Å². The first-order valence-electron chi connectivity index (χ1n) is 14.8. The average molecular weight is 570 g/mol. The topological polar surface area (TPSA) is 84.9 Å². The highest BCUT2D eigenvalue weighted by atomic mass is 32.2. The predicted molar refractivity (Wildman–Crippen MR) is 164 cm³/mol. The number of amides is 1. The van der Waals surface area contributed by atoms with Crippen LogP contribution in [0.2, 0.25) is 0 Å². The lowest BCUT2D eigenvalue weighted by molar-refractivity contribution is -0.196. The Morgan fingerprint density at radius 2 is 1.73 bits per heavy atom. The van der Waals surface area contributed by atoms with E-state index in [1.807, 2.05) is 56.5 Å². The van der Waals surface area contributed by atoms with Crippen LogP contribution in [0.1, 0.15) is 99.9 Å². The molecule has 3 rings (SSSR count). The fraction of sp³-hybridized carbons (Fsp3) is 0.576. The number of nitrogens with one attached hydrogen (secondary N) is 1. The molecule has 7 heteroatoms. The number of hydrogen-bond donors (Lipinski definition) is 2. The summed E-state index contributed by atoms with van der Waals surface area (Å²) in [6.45, 7) is 8.28. The van der Waals surface area contributed by atoms with Crippen LogP contribution >= 0.6 is 11.8 Å². The van der Waals surface area contributed by atoms with E-state index in [4.69, 9.17) is 9.47 Å². The van der Waals surface area contributed by atoms with Gasteiger partial charge >= 0.3 is 5.97 Å². The van der Waals surface area contributed by atoms with Gasteiger partial charge in [0.25, 0.3) is 5.91 Å². The van der Waals surface area contributed by atoms with Gasteiger partial charge in [0.1, 0.15) is 6.04 Å². The molecular formula is C33H47NO5S. The summed E-state index contributed by atoms with van der Waals surface area (Å²) >= 11 is 1.56. The van der Waals surface area contributed by atoms with Gasteiger partial charge in [-0.25, -0.2) is 4.79 Å². The first-order valence-corrected chi connectivity index (χ1v) is 16.2. The van der Waals surface area contributed by atoms with E-state index >= 15 is 0 Å². The molecule has 1 amide bonds. The van der Waals surface area contributed by atoms with Crippen LogP contribution in [0.25, 0.3) is 11.1 Å². The average Bonchev–Trinajstić information content (AvgIpc) is 2.95. The Hall–Kier alpha value is -2.35. The smallest absolute Gasteiger partial charge is 0.326 e. The molecule has 1 aliphatic carbocycles. The third-order valence-electron chi connectivity index (χ3n) is 7.89. The number of carboxylic acid groups (broad SMARTS) is 1. The van der Waals surface area contributed by atoms with Gasteiger partial charge in [-0.05, 0) is 86.8 Å². The minimum absolute atomic E-state index is 0.00419. The fourth-order valence-electron chi connectivity index (χ4n) is 5.39. The zero-order valence-electron chi connectivity index (χ0n) is 24.8. The third kappa shape index (κ3) is 9.35. The second kappa shape index (κ2) is 16.2. The maximum Gasteiger partial charge on any atom is 0.326 e. The molecule has 0 heterocycles. The summed E-state index contributed by atoms with van der Waals surface area (Å²) in [6, 6.07) is 12.6. The Kier molecular flexibility index (Phi) is 13.0. The van der Waals surface area contributed by atoms with Gasteiger partial charge in [0.05, 0.1) is 12.2 Å². The maximum atomic E-state index is 13.5. The number of ether oxygens (including phenoxy) is 2. The van der Waals surface area contributed by atoms with E-state index in [2.05, 4.69) is 19.2 Å². The van der Waals surface area contributed by atoms with Crippen molar-refractivity contribution < 1.29 is 24.2 Å². The summed E-state index contributed by atoms with van der Waals surface area (Å²) in [5, 5.41) is 12.4. The zero-order chi connectivity index (χ0) is 29.1. The maximum absolute atomic E-state index is 13.5. The Bertz CT molecular complexity index is 1100. The van der Waals surface area contributed by atoms with Gasteiger partial charge in [0, 0.05) is 11.1 Å². The Morgan fingerprint density at radius 3 is 2.38 bits per heavy atom. The van der Waals surface area contributed by atoms with Crippen LogP contribution in [0, 0.1) is 12.8 Å². The molecule has 0 spiro atoms. The van der Waals surface area contributed by atoms with Crippen molar-refractivity contribution in [3.8, 4) is 11.1 Å². The fourth-order valence-corrected chi connectivity index (χ4v) is 5.86. The Labute approximate surface area is 244 Å². The first-order chi connectivity index (χ1) is 19.2. The summed E-state index contributed by atoms with van der Waals surface area (Å²) in [6.07, 6.45) is 10.1. The minimum Gasteiger partial charge on any atom is -0.480 e. The van der Waals surface area contributed by atoms with Gasteiger partial charge in [-0.3, -0.25) is 4.79 Å². The van der Waals surface area contributed by atoms with Crippen molar-refractivity contribution >= 4 is 23.6 Å². The van der Waals surface area contributed by atoms with E-state index in [1.54, 1.807) is 17.8 Å². The van der Waals surface area contributed by atoms with Crippen molar-refractivity contribution in [2.45, 2.75) is 104 Å². The van der Waals surface area contributed by atoms with Crippen molar-refractivity contribution in [2.75, 3.05) is 12.0 Å². The molecule has 0 radical (unpaired) electrons. The highest BCUT2D eigenvalue weighted by Gasteiger charge is 2.26. The molecule has 0 aliphatic heterocycles. The number of rotatable bonds is 15. The van der Waals surface area contributed by atoms with Crippen LogP contribution in [-0.2, 0) is 14.3 Å². The van der Waals surface area contributed by atoms with Crippen molar-refractivity contribution in [2.24, 2.45) is 5.92 Å². The van der Waals surface area contributed by atoms with Crippen LogP contribution in [0.15, 0.2) is 42.5 Å². The number of aliphatic carboxylic acids is 1. The standard InChI is InChI=1S/C33H47NO5S/c1-6-23(3)38-33(39-24(4)20-25-13-8-7-9-14-25)26-16-17-28(29(21-26)27-15-11-10-12-22(27)2)31(35)34-30(32(36)37)18-19-40-5/h10-12,15-17,21,23-25,30,33H,6-9,13-14,18-20H2,1-5H3,(H,34,35)(H,36,37)/t23?,24?,30-,33?/m0/s1. The van der Waals surface area contributed by atoms with Crippen molar-refractivity contribution in [3.05, 3.63) is 59.2 Å². The number of benzene rings is 2. The first kappa shape index (κ1) is 32.2. The van der Waals surface area contributed by atoms with Gasteiger partial charge in [0.2, 0.25) is 0 Å². The van der Waals surface area contributed by atoms with Crippen LogP contribution in [0.5, 0.6) is 0 Å². The van der Waals surface area contributed by atoms with Gasteiger partial charge in [-0.1, -0.05) is 69.4 Å². The minimum atomic E-state index is -1.03. The number of hydrogen-bond acceptors (Lipinski definition) is 5. The van der Waals surface area contributed by atoms with Crippen LogP contribution in [0.4, 0.5) is 0 Å². The Balaban J connectivity index is 1.96. The van der Waals surface area contributed by atoms with Gasteiger partial charge in [0.15, 0.2) is 6.29 Å². The molecule has 0 saturated heterocycles. The quantitative estimate of drug-likeness (QED) is 0.213. The van der Waals surface area contributed by atoms with Crippen molar-refractivity contribution in [1.82, 2.24) is 5.32 Å². The van der Waals surface area contributed by atoms with E-state index in [0.717, 1.165) is 35.1 Å². The third-order valence-corrected chi connectivity index (χ3v) is 8.53. The van der Waals surface area contributed by atoms with Gasteiger partial charge < -0.3 is 19.9 Å². The van der Waals surface area contributed by atoms with E-state index in [0.29, 0.717) is 23.7 Å². The lowest BCUT2D eigenvalue weighted by Gasteiger charge is -2.29. The molecule has 2 N–H and O–H groups in total. The molecule has 220 valence electrons. The monoisotopic (exact) mass is 569 g/mol. The Morgan fingerprint density at radius 1 is 1.02 bits per heavy atom. The molecule has 1 fully saturated rings. The molecule has 0 bridgehead atoms. The van der Waals surface area contributed by atoms with Crippen molar-refractivity contribution in [1.29, 1.82) is 0 Å². The van der Waals surface area contributed by atoms with E-state index in [9.17, 15) is 14.7 Å². The second-order valence-electron chi connectivity index (χ2n) is 11.1. The summed E-state index contributed by atoms with van der Waals surface area (Å²) < 4.78 is 13.0. The number of carbonyl (C=O) groups is 2. The lowest BCUT2D eigenvalue weighted by Crippen LogP contribution is -2.41. The zero-order valence-corrected chi connectivity index (χ0v) is 25.6.